The van der Waals surface area contributed by atoms with Crippen LogP contribution >= 0.6 is 0 Å². The van der Waals surface area contributed by atoms with Crippen molar-refractivity contribution in [3.8, 4) is 0 Å². The lowest BCUT2D eigenvalue weighted by Crippen LogP contribution is -2.13. The second-order valence-electron chi connectivity index (χ2n) is 3.85. The van der Waals surface area contributed by atoms with Crippen LogP contribution in [0.3, 0.4) is 0 Å². The van der Waals surface area contributed by atoms with E-state index in [1.165, 1.54) is 5.69 Å². The van der Waals surface area contributed by atoms with Gasteiger partial charge in [0.2, 0.25) is 0 Å². The standard InChI is InChI=1S/C12H16N4/c1-16-10(7-9-15-16)5-6-11(13)12-4-2-3-8-14-12/h2-4,7-9,11H,5-6,13H2,1H3. The van der Waals surface area contributed by atoms with Crippen LogP contribution in [0.15, 0.2) is 36.7 Å². The maximum Gasteiger partial charge on any atom is 0.0571 e. The van der Waals surface area contributed by atoms with E-state index in [4.69, 9.17) is 5.73 Å². The Balaban J connectivity index is 1.94. The molecule has 1 unspecified atom stereocenters. The van der Waals surface area contributed by atoms with E-state index >= 15 is 0 Å². The molecule has 0 fully saturated rings. The quantitative estimate of drug-likeness (QED) is 0.841. The fraction of sp³-hybridized carbons (Fsp3) is 0.333. The van der Waals surface area contributed by atoms with Gasteiger partial charge in [-0.2, -0.15) is 5.10 Å². The largest absolute Gasteiger partial charge is 0.323 e. The Morgan fingerprint density at radius 1 is 1.31 bits per heavy atom. The Labute approximate surface area is 95.1 Å². The summed E-state index contributed by atoms with van der Waals surface area (Å²) in [4.78, 5) is 4.25. The van der Waals surface area contributed by atoms with Crippen LogP contribution in [0.1, 0.15) is 23.9 Å². The molecule has 2 N–H and O–H groups in total. The molecule has 0 saturated heterocycles. The lowest BCUT2D eigenvalue weighted by Gasteiger charge is -2.10. The first-order valence-corrected chi connectivity index (χ1v) is 5.41. The smallest absolute Gasteiger partial charge is 0.0571 e. The first-order chi connectivity index (χ1) is 7.77. The fourth-order valence-electron chi connectivity index (χ4n) is 1.69. The number of pyridine rings is 1. The van der Waals surface area contributed by atoms with Crippen molar-refractivity contribution in [3.63, 3.8) is 0 Å². The van der Waals surface area contributed by atoms with Crippen molar-refractivity contribution >= 4 is 0 Å². The Bertz CT molecular complexity index is 435. The summed E-state index contributed by atoms with van der Waals surface area (Å²) in [7, 11) is 1.95. The van der Waals surface area contributed by atoms with Crippen molar-refractivity contribution in [2.24, 2.45) is 12.8 Å². The van der Waals surface area contributed by atoms with Gasteiger partial charge in [0.15, 0.2) is 0 Å². The zero-order valence-corrected chi connectivity index (χ0v) is 9.37. The summed E-state index contributed by atoms with van der Waals surface area (Å²) >= 11 is 0. The molecule has 0 bridgehead atoms. The van der Waals surface area contributed by atoms with Crippen LogP contribution in [0.2, 0.25) is 0 Å². The average molecular weight is 216 g/mol. The SMILES string of the molecule is Cn1nccc1CCC(N)c1ccccn1. The van der Waals surface area contributed by atoms with Gasteiger partial charge in [0.25, 0.3) is 0 Å². The summed E-state index contributed by atoms with van der Waals surface area (Å²) in [5.74, 6) is 0. The predicted molar refractivity (Wildman–Crippen MR) is 62.7 cm³/mol. The second-order valence-corrected chi connectivity index (χ2v) is 3.85. The first kappa shape index (κ1) is 10.8. The van der Waals surface area contributed by atoms with Gasteiger partial charge in [-0.3, -0.25) is 9.67 Å². The van der Waals surface area contributed by atoms with Crippen LogP contribution in [-0.2, 0) is 13.5 Å². The normalized spacial score (nSPS) is 12.6. The maximum absolute atomic E-state index is 6.07. The first-order valence-electron chi connectivity index (χ1n) is 5.41. The monoisotopic (exact) mass is 216 g/mol. The maximum atomic E-state index is 6.07. The zero-order chi connectivity index (χ0) is 11.4. The van der Waals surface area contributed by atoms with Gasteiger partial charge in [-0.1, -0.05) is 6.07 Å². The van der Waals surface area contributed by atoms with E-state index in [-0.39, 0.29) is 6.04 Å². The molecule has 0 saturated carbocycles. The van der Waals surface area contributed by atoms with E-state index < -0.39 is 0 Å². The predicted octanol–water partition coefficient (Wildman–Crippen LogP) is 1.45. The molecule has 1 atom stereocenters. The van der Waals surface area contributed by atoms with Crippen LogP contribution in [-0.4, -0.2) is 14.8 Å². The third kappa shape index (κ3) is 2.46. The molecule has 0 radical (unpaired) electrons. The van der Waals surface area contributed by atoms with Crippen LogP contribution in [0.5, 0.6) is 0 Å². The zero-order valence-electron chi connectivity index (χ0n) is 9.37. The summed E-state index contributed by atoms with van der Waals surface area (Å²) < 4.78 is 1.88. The van der Waals surface area contributed by atoms with Gasteiger partial charge in [-0.05, 0) is 31.0 Å². The van der Waals surface area contributed by atoms with Gasteiger partial charge in [-0.15, -0.1) is 0 Å². The highest BCUT2D eigenvalue weighted by atomic mass is 15.2. The lowest BCUT2D eigenvalue weighted by atomic mass is 10.1. The second kappa shape index (κ2) is 4.90. The van der Waals surface area contributed by atoms with Gasteiger partial charge in [0, 0.05) is 31.2 Å². The highest BCUT2D eigenvalue weighted by Gasteiger charge is 2.08. The number of rotatable bonds is 4. The molecule has 0 aliphatic carbocycles. The summed E-state index contributed by atoms with van der Waals surface area (Å²) in [5, 5.41) is 4.13. The molecular formula is C12H16N4. The average Bonchev–Trinajstić information content (AvgIpc) is 2.73. The van der Waals surface area contributed by atoms with Crippen molar-refractivity contribution in [2.45, 2.75) is 18.9 Å². The fourth-order valence-corrected chi connectivity index (χ4v) is 1.69. The van der Waals surface area contributed by atoms with Crippen LogP contribution in [0.25, 0.3) is 0 Å². The molecular weight excluding hydrogens is 200 g/mol. The number of hydrogen-bond donors (Lipinski definition) is 1. The Hall–Kier alpha value is -1.68. The molecule has 4 heteroatoms. The third-order valence-electron chi connectivity index (χ3n) is 2.70. The van der Waals surface area contributed by atoms with E-state index in [1.807, 2.05) is 42.2 Å². The van der Waals surface area contributed by atoms with Gasteiger partial charge in [0.05, 0.1) is 5.69 Å². The summed E-state index contributed by atoms with van der Waals surface area (Å²) in [6.07, 6.45) is 5.39. The molecule has 2 aromatic heterocycles. The van der Waals surface area contributed by atoms with E-state index in [0.29, 0.717) is 0 Å². The van der Waals surface area contributed by atoms with Crippen LogP contribution in [0.4, 0.5) is 0 Å². The van der Waals surface area contributed by atoms with Crippen LogP contribution < -0.4 is 5.73 Å². The van der Waals surface area contributed by atoms with E-state index in [2.05, 4.69) is 10.1 Å². The molecule has 84 valence electrons. The highest BCUT2D eigenvalue weighted by molar-refractivity contribution is 5.09. The van der Waals surface area contributed by atoms with E-state index in [9.17, 15) is 0 Å². The van der Waals surface area contributed by atoms with Gasteiger partial charge in [-0.25, -0.2) is 0 Å². The molecule has 0 spiro atoms. The number of aryl methyl sites for hydroxylation is 2. The van der Waals surface area contributed by atoms with Crippen LogP contribution in [0, 0.1) is 0 Å². The molecule has 2 rings (SSSR count). The van der Waals surface area contributed by atoms with Crippen molar-refractivity contribution in [3.05, 3.63) is 48.0 Å². The number of aromatic nitrogens is 3. The van der Waals surface area contributed by atoms with Crippen molar-refractivity contribution < 1.29 is 0 Å². The molecule has 16 heavy (non-hydrogen) atoms. The van der Waals surface area contributed by atoms with E-state index in [0.717, 1.165) is 18.5 Å². The van der Waals surface area contributed by atoms with Crippen molar-refractivity contribution in [1.29, 1.82) is 0 Å². The lowest BCUT2D eigenvalue weighted by molar-refractivity contribution is 0.602. The van der Waals surface area contributed by atoms with Crippen molar-refractivity contribution in [1.82, 2.24) is 14.8 Å². The molecule has 2 aromatic rings. The Morgan fingerprint density at radius 2 is 2.19 bits per heavy atom. The minimum atomic E-state index is -0.00361. The molecule has 0 aromatic carbocycles. The summed E-state index contributed by atoms with van der Waals surface area (Å²) in [6, 6.07) is 7.85. The molecule has 0 aliphatic rings. The third-order valence-corrected chi connectivity index (χ3v) is 2.70. The minimum Gasteiger partial charge on any atom is -0.323 e. The topological polar surface area (TPSA) is 56.7 Å². The minimum absolute atomic E-state index is 0.00361. The Morgan fingerprint density at radius 3 is 2.81 bits per heavy atom. The van der Waals surface area contributed by atoms with Gasteiger partial charge < -0.3 is 5.73 Å². The number of nitrogens with zero attached hydrogens (tertiary/aromatic N) is 3. The molecule has 4 nitrogen and oxygen atoms in total. The summed E-state index contributed by atoms with van der Waals surface area (Å²) in [5.41, 5.74) is 8.22. The summed E-state index contributed by atoms with van der Waals surface area (Å²) in [6.45, 7) is 0. The highest BCUT2D eigenvalue weighted by Crippen LogP contribution is 2.13. The number of hydrogen-bond acceptors (Lipinski definition) is 3. The number of nitrogens with two attached hydrogens (primary N) is 1. The van der Waals surface area contributed by atoms with E-state index in [1.54, 1.807) is 6.20 Å². The van der Waals surface area contributed by atoms with Gasteiger partial charge in [0.1, 0.15) is 0 Å². The molecule has 0 aliphatic heterocycles. The molecule has 2 heterocycles. The van der Waals surface area contributed by atoms with Gasteiger partial charge >= 0.3 is 0 Å². The molecule has 0 amide bonds. The van der Waals surface area contributed by atoms with Crippen molar-refractivity contribution in [2.75, 3.05) is 0 Å². The Kier molecular flexibility index (Phi) is 3.31.